The van der Waals surface area contributed by atoms with Gasteiger partial charge in [0.1, 0.15) is 17.0 Å². The second-order valence-electron chi connectivity index (χ2n) is 6.54. The van der Waals surface area contributed by atoms with Crippen molar-refractivity contribution >= 4 is 39.0 Å². The Balaban J connectivity index is 1.70. The molecule has 2 aromatic heterocycles. The minimum Gasteiger partial charge on any atom is -0.493 e. The summed E-state index contributed by atoms with van der Waals surface area (Å²) in [5, 5.41) is 6.30. The van der Waals surface area contributed by atoms with Crippen molar-refractivity contribution in [1.29, 1.82) is 0 Å². The summed E-state index contributed by atoms with van der Waals surface area (Å²) in [5.41, 5.74) is 3.27. The summed E-state index contributed by atoms with van der Waals surface area (Å²) in [5.74, 6) is 1.66. The monoisotopic (exact) mass is 435 g/mol. The highest BCUT2D eigenvalue weighted by Crippen LogP contribution is 2.40. The first-order chi connectivity index (χ1) is 15.1. The second kappa shape index (κ2) is 9.01. The summed E-state index contributed by atoms with van der Waals surface area (Å²) in [7, 11) is 3.23. The van der Waals surface area contributed by atoms with Crippen LogP contribution in [0.4, 0.5) is 11.5 Å². The lowest BCUT2D eigenvalue weighted by Crippen LogP contribution is -2.04. The van der Waals surface area contributed by atoms with Gasteiger partial charge in [-0.1, -0.05) is 6.07 Å². The molecule has 2 aromatic carbocycles. The first-order valence-electron chi connectivity index (χ1n) is 9.63. The highest BCUT2D eigenvalue weighted by Gasteiger charge is 2.15. The van der Waals surface area contributed by atoms with E-state index in [1.807, 2.05) is 30.3 Å². The molecule has 0 unspecified atom stereocenters. The molecule has 0 radical (unpaired) electrons. The number of nitrogens with zero attached hydrogens (tertiary/aromatic N) is 2. The van der Waals surface area contributed by atoms with Crippen molar-refractivity contribution in [3.8, 4) is 22.6 Å². The van der Waals surface area contributed by atoms with Crippen molar-refractivity contribution in [2.45, 2.75) is 6.92 Å². The predicted molar refractivity (Wildman–Crippen MR) is 122 cm³/mol. The summed E-state index contributed by atoms with van der Waals surface area (Å²) in [6.45, 7) is 2.12. The molecule has 4 aromatic rings. The fraction of sp³-hybridized carbons (Fsp3) is 0.174. The number of carbonyl (C=O) groups excluding carboxylic acids is 1. The van der Waals surface area contributed by atoms with E-state index < -0.39 is 0 Å². The number of rotatable bonds is 7. The molecular formula is C23H21N3O4S. The number of hydrogen-bond donors (Lipinski definition) is 1. The van der Waals surface area contributed by atoms with Gasteiger partial charge in [-0.3, -0.25) is 0 Å². The molecule has 2 heterocycles. The first-order valence-corrected chi connectivity index (χ1v) is 10.5. The van der Waals surface area contributed by atoms with E-state index in [1.165, 1.54) is 6.33 Å². The Kier molecular flexibility index (Phi) is 5.99. The number of ether oxygens (including phenoxy) is 3. The van der Waals surface area contributed by atoms with E-state index in [9.17, 15) is 4.79 Å². The lowest BCUT2D eigenvalue weighted by Gasteiger charge is -2.11. The van der Waals surface area contributed by atoms with Gasteiger partial charge >= 0.3 is 5.97 Å². The van der Waals surface area contributed by atoms with Crippen LogP contribution < -0.4 is 14.8 Å². The van der Waals surface area contributed by atoms with Crippen LogP contribution in [0.5, 0.6) is 11.5 Å². The molecule has 0 fully saturated rings. The second-order valence-corrected chi connectivity index (χ2v) is 7.40. The fourth-order valence-corrected chi connectivity index (χ4v) is 4.14. The zero-order chi connectivity index (χ0) is 21.8. The average Bonchev–Trinajstić information content (AvgIpc) is 3.24. The third-order valence-corrected chi connectivity index (χ3v) is 5.61. The van der Waals surface area contributed by atoms with Crippen LogP contribution in [0.2, 0.25) is 0 Å². The zero-order valence-corrected chi connectivity index (χ0v) is 18.2. The fourth-order valence-electron chi connectivity index (χ4n) is 3.23. The number of aromatic nitrogens is 2. The molecule has 0 spiro atoms. The van der Waals surface area contributed by atoms with Gasteiger partial charge in [0, 0.05) is 16.6 Å². The van der Waals surface area contributed by atoms with E-state index in [2.05, 4.69) is 20.7 Å². The Labute approximate surface area is 183 Å². The molecule has 0 saturated carbocycles. The minimum atomic E-state index is -0.341. The number of carbonyl (C=O) groups is 1. The summed E-state index contributed by atoms with van der Waals surface area (Å²) >= 11 is 1.54. The van der Waals surface area contributed by atoms with Gasteiger partial charge in [0.05, 0.1) is 31.8 Å². The predicted octanol–water partition coefficient (Wildman–Crippen LogP) is 5.30. The molecule has 158 valence electrons. The zero-order valence-electron chi connectivity index (χ0n) is 17.3. The largest absolute Gasteiger partial charge is 0.493 e. The Morgan fingerprint density at radius 3 is 2.52 bits per heavy atom. The highest BCUT2D eigenvalue weighted by molar-refractivity contribution is 7.17. The number of fused-ring (bicyclic) bond motifs is 1. The molecule has 4 rings (SSSR count). The number of anilines is 2. The minimum absolute atomic E-state index is 0.341. The van der Waals surface area contributed by atoms with Crippen molar-refractivity contribution in [2.24, 2.45) is 0 Å². The lowest BCUT2D eigenvalue weighted by atomic mass is 10.1. The molecule has 7 nitrogen and oxygen atoms in total. The van der Waals surface area contributed by atoms with Gasteiger partial charge in [-0.15, -0.1) is 11.3 Å². The summed E-state index contributed by atoms with van der Waals surface area (Å²) in [6.07, 6.45) is 1.53. The molecule has 0 aliphatic heterocycles. The maximum Gasteiger partial charge on any atom is 0.338 e. The molecule has 0 aliphatic rings. The van der Waals surface area contributed by atoms with Crippen LogP contribution in [0.25, 0.3) is 21.3 Å². The number of benzene rings is 2. The number of methoxy groups -OCH3 is 2. The van der Waals surface area contributed by atoms with E-state index in [4.69, 9.17) is 14.2 Å². The molecule has 0 bridgehead atoms. The van der Waals surface area contributed by atoms with E-state index in [-0.39, 0.29) is 5.97 Å². The maximum atomic E-state index is 11.9. The summed E-state index contributed by atoms with van der Waals surface area (Å²) < 4.78 is 15.8. The van der Waals surface area contributed by atoms with Crippen molar-refractivity contribution in [3.63, 3.8) is 0 Å². The highest BCUT2D eigenvalue weighted by atomic mass is 32.1. The maximum absolute atomic E-state index is 11.9. The van der Waals surface area contributed by atoms with E-state index in [0.717, 1.165) is 27.0 Å². The van der Waals surface area contributed by atoms with Crippen LogP contribution >= 0.6 is 11.3 Å². The van der Waals surface area contributed by atoms with E-state index in [0.29, 0.717) is 29.5 Å². The Morgan fingerprint density at radius 2 is 1.81 bits per heavy atom. The number of hydrogen-bond acceptors (Lipinski definition) is 8. The lowest BCUT2D eigenvalue weighted by molar-refractivity contribution is 0.0526. The van der Waals surface area contributed by atoms with Crippen molar-refractivity contribution in [2.75, 3.05) is 26.1 Å². The molecule has 0 saturated heterocycles. The molecule has 31 heavy (non-hydrogen) atoms. The summed E-state index contributed by atoms with van der Waals surface area (Å²) in [6, 6.07) is 12.9. The quantitative estimate of drug-likeness (QED) is 0.395. The molecule has 8 heteroatoms. The van der Waals surface area contributed by atoms with E-state index >= 15 is 0 Å². The smallest absolute Gasteiger partial charge is 0.338 e. The number of thiophene rings is 1. The number of esters is 1. The van der Waals surface area contributed by atoms with Crippen molar-refractivity contribution in [3.05, 3.63) is 59.7 Å². The van der Waals surface area contributed by atoms with E-state index in [1.54, 1.807) is 44.6 Å². The van der Waals surface area contributed by atoms with Crippen molar-refractivity contribution < 1.29 is 19.0 Å². The van der Waals surface area contributed by atoms with Gasteiger partial charge in [-0.2, -0.15) is 0 Å². The molecular weight excluding hydrogens is 414 g/mol. The Hall–Kier alpha value is -3.65. The van der Waals surface area contributed by atoms with Gasteiger partial charge in [0.2, 0.25) is 0 Å². The van der Waals surface area contributed by atoms with Gasteiger partial charge < -0.3 is 19.5 Å². The Bertz CT molecular complexity index is 1220. The third kappa shape index (κ3) is 4.15. The van der Waals surface area contributed by atoms with Crippen molar-refractivity contribution in [1.82, 2.24) is 9.97 Å². The topological polar surface area (TPSA) is 82.6 Å². The SMILES string of the molecule is CCOC(=O)c1ccc(Nc2ncnc3scc(-c4ccc(OC)c(OC)c4)c23)cc1. The van der Waals surface area contributed by atoms with Gasteiger partial charge in [0.25, 0.3) is 0 Å². The molecule has 0 amide bonds. The van der Waals surface area contributed by atoms with Crippen LogP contribution in [0, 0.1) is 0 Å². The molecule has 0 aliphatic carbocycles. The average molecular weight is 436 g/mol. The van der Waals surface area contributed by atoms with Crippen LogP contribution in [0.15, 0.2) is 54.2 Å². The van der Waals surface area contributed by atoms with Gasteiger partial charge in [-0.05, 0) is 48.9 Å². The third-order valence-electron chi connectivity index (χ3n) is 4.72. The van der Waals surface area contributed by atoms with Gasteiger partial charge in [-0.25, -0.2) is 14.8 Å². The standard InChI is InChI=1S/C23H21N3O4S/c1-4-30-23(27)14-5-8-16(9-6-14)26-21-20-17(12-31-22(20)25-13-24-21)15-7-10-18(28-2)19(11-15)29-3/h5-13H,4H2,1-3H3,(H,24,25,26). The van der Waals surface area contributed by atoms with Crippen LogP contribution in [-0.2, 0) is 4.74 Å². The van der Waals surface area contributed by atoms with Crippen LogP contribution in [0.1, 0.15) is 17.3 Å². The molecule has 1 N–H and O–H groups in total. The van der Waals surface area contributed by atoms with Crippen LogP contribution in [-0.4, -0.2) is 36.8 Å². The summed E-state index contributed by atoms with van der Waals surface area (Å²) in [4.78, 5) is 21.6. The first kappa shape index (κ1) is 20.6. The van der Waals surface area contributed by atoms with Gasteiger partial charge in [0.15, 0.2) is 11.5 Å². The van der Waals surface area contributed by atoms with Crippen LogP contribution in [0.3, 0.4) is 0 Å². The molecule has 0 atom stereocenters. The normalized spacial score (nSPS) is 10.7. The number of nitrogens with one attached hydrogen (secondary N) is 1. The Morgan fingerprint density at radius 1 is 1.03 bits per heavy atom.